The number of hydrogen-bond acceptors (Lipinski definition) is 4. The van der Waals surface area contributed by atoms with Crippen molar-refractivity contribution in [2.45, 2.75) is 13.3 Å². The summed E-state index contributed by atoms with van der Waals surface area (Å²) in [6, 6.07) is 7.25. The summed E-state index contributed by atoms with van der Waals surface area (Å²) < 4.78 is 0.943. The van der Waals surface area contributed by atoms with Crippen LogP contribution in [0.3, 0.4) is 0 Å². The molecule has 0 radical (unpaired) electrons. The highest BCUT2D eigenvalue weighted by Gasteiger charge is 2.15. The molecule has 2 rings (SSSR count). The predicted molar refractivity (Wildman–Crippen MR) is 88.3 cm³/mol. The van der Waals surface area contributed by atoms with Crippen LogP contribution in [0, 0.1) is 11.3 Å². The second-order valence-electron chi connectivity index (χ2n) is 5.10. The Kier molecular flexibility index (Phi) is 5.15. The molecule has 0 unspecified atom stereocenters. The second kappa shape index (κ2) is 6.89. The monoisotopic (exact) mass is 338 g/mol. The molecule has 7 heteroatoms. The molecule has 116 valence electrons. The van der Waals surface area contributed by atoms with Gasteiger partial charge in [0.15, 0.2) is 0 Å². The summed E-state index contributed by atoms with van der Waals surface area (Å²) in [6.45, 7) is 2.12. The molecular formula is C15H15ClN2O3S. The molecule has 2 aromatic rings. The van der Waals surface area contributed by atoms with Gasteiger partial charge in [0.2, 0.25) is 0 Å². The fourth-order valence-electron chi connectivity index (χ4n) is 1.98. The molecule has 3 N–H and O–H groups in total. The number of hydrogen-bond donors (Lipinski definition) is 3. The van der Waals surface area contributed by atoms with Crippen molar-refractivity contribution in [2.75, 3.05) is 6.54 Å². The third-order valence-electron chi connectivity index (χ3n) is 3.13. The lowest BCUT2D eigenvalue weighted by molar-refractivity contribution is -0.129. The molecule has 1 heterocycles. The summed E-state index contributed by atoms with van der Waals surface area (Å²) in [5, 5.41) is 20.3. The van der Waals surface area contributed by atoms with Gasteiger partial charge in [-0.25, -0.2) is 4.79 Å². The number of thiophene rings is 1. The van der Waals surface area contributed by atoms with E-state index in [0.29, 0.717) is 16.4 Å². The van der Waals surface area contributed by atoms with Gasteiger partial charge < -0.3 is 10.4 Å². The van der Waals surface area contributed by atoms with Gasteiger partial charge in [-0.15, -0.1) is 11.3 Å². The maximum Gasteiger partial charge on any atom is 0.349 e. The molecule has 1 atom stereocenters. The van der Waals surface area contributed by atoms with Gasteiger partial charge >= 0.3 is 5.97 Å². The lowest BCUT2D eigenvalue weighted by Crippen LogP contribution is -2.29. The zero-order valence-corrected chi connectivity index (χ0v) is 13.4. The number of amides is 1. The molecule has 0 aliphatic carbocycles. The SMILES string of the molecule is C[C@@H](CNC(=O)c1cc2ccc(Cl)cc2s1)CC(=N)C(=O)O. The molecule has 0 spiro atoms. The number of aliphatic carboxylic acids is 1. The van der Waals surface area contributed by atoms with Gasteiger partial charge in [0, 0.05) is 22.7 Å². The Morgan fingerprint density at radius 3 is 2.82 bits per heavy atom. The summed E-state index contributed by atoms with van der Waals surface area (Å²) in [7, 11) is 0. The van der Waals surface area contributed by atoms with Crippen LogP contribution >= 0.6 is 22.9 Å². The van der Waals surface area contributed by atoms with Crippen LogP contribution in [0.4, 0.5) is 0 Å². The number of halogens is 1. The molecule has 5 nitrogen and oxygen atoms in total. The number of nitrogens with one attached hydrogen (secondary N) is 2. The highest BCUT2D eigenvalue weighted by Crippen LogP contribution is 2.28. The van der Waals surface area contributed by atoms with Crippen LogP contribution in [-0.2, 0) is 4.79 Å². The molecular weight excluding hydrogens is 324 g/mol. The van der Waals surface area contributed by atoms with Crippen LogP contribution < -0.4 is 5.32 Å². The van der Waals surface area contributed by atoms with E-state index >= 15 is 0 Å². The van der Waals surface area contributed by atoms with E-state index in [1.54, 1.807) is 19.1 Å². The Balaban J connectivity index is 1.96. The van der Waals surface area contributed by atoms with E-state index in [0.717, 1.165) is 10.1 Å². The number of carboxylic acid groups (broad SMARTS) is 1. The first kappa shape index (κ1) is 16.5. The lowest BCUT2D eigenvalue weighted by Gasteiger charge is -2.11. The summed E-state index contributed by atoms with van der Waals surface area (Å²) in [5.74, 6) is -1.54. The van der Waals surface area contributed by atoms with E-state index in [1.807, 2.05) is 12.1 Å². The topological polar surface area (TPSA) is 90.3 Å². The summed E-state index contributed by atoms with van der Waals surface area (Å²) >= 11 is 7.28. The molecule has 0 bridgehead atoms. The minimum absolute atomic E-state index is 0.114. The first-order chi connectivity index (χ1) is 10.4. The number of fused-ring (bicyclic) bond motifs is 1. The number of rotatable bonds is 6. The van der Waals surface area contributed by atoms with Crippen molar-refractivity contribution in [1.82, 2.24) is 5.32 Å². The fraction of sp³-hybridized carbons (Fsp3) is 0.267. The largest absolute Gasteiger partial charge is 0.477 e. The first-order valence-electron chi connectivity index (χ1n) is 6.65. The van der Waals surface area contributed by atoms with Crippen LogP contribution in [0.15, 0.2) is 24.3 Å². The summed E-state index contributed by atoms with van der Waals surface area (Å²) in [5.41, 5.74) is -0.349. The maximum atomic E-state index is 12.1. The summed E-state index contributed by atoms with van der Waals surface area (Å²) in [6.07, 6.45) is 0.123. The van der Waals surface area contributed by atoms with E-state index in [4.69, 9.17) is 22.1 Å². The number of carboxylic acids is 1. The number of benzene rings is 1. The van der Waals surface area contributed by atoms with Gasteiger partial charge in [-0.2, -0.15) is 0 Å². The smallest absolute Gasteiger partial charge is 0.349 e. The summed E-state index contributed by atoms with van der Waals surface area (Å²) in [4.78, 5) is 23.3. The second-order valence-corrected chi connectivity index (χ2v) is 6.62. The van der Waals surface area contributed by atoms with Crippen LogP contribution in [-0.4, -0.2) is 29.2 Å². The Bertz CT molecular complexity index is 741. The molecule has 0 saturated heterocycles. The van der Waals surface area contributed by atoms with Gasteiger partial charge in [0.1, 0.15) is 5.71 Å². The van der Waals surface area contributed by atoms with Crippen LogP contribution in [0.1, 0.15) is 23.0 Å². The zero-order chi connectivity index (χ0) is 16.3. The molecule has 1 amide bonds. The van der Waals surface area contributed by atoms with Gasteiger partial charge in [0.25, 0.3) is 5.91 Å². The predicted octanol–water partition coefficient (Wildman–Crippen LogP) is 3.42. The third kappa shape index (κ3) is 4.05. The maximum absolute atomic E-state index is 12.1. The minimum atomic E-state index is -1.22. The van der Waals surface area contributed by atoms with E-state index in [-0.39, 0.29) is 24.0 Å². The Morgan fingerprint density at radius 1 is 1.41 bits per heavy atom. The van der Waals surface area contributed by atoms with E-state index in [9.17, 15) is 9.59 Å². The number of carbonyl (C=O) groups is 2. The van der Waals surface area contributed by atoms with Gasteiger partial charge in [0.05, 0.1) is 4.88 Å². The Labute approximate surface area is 136 Å². The van der Waals surface area contributed by atoms with E-state index in [1.165, 1.54) is 11.3 Å². The van der Waals surface area contributed by atoms with Crippen LogP contribution in [0.2, 0.25) is 5.02 Å². The molecule has 1 aromatic heterocycles. The molecule has 1 aromatic carbocycles. The van der Waals surface area contributed by atoms with E-state index in [2.05, 4.69) is 5.32 Å². The average Bonchev–Trinajstić information content (AvgIpc) is 2.87. The van der Waals surface area contributed by atoms with Crippen LogP contribution in [0.25, 0.3) is 10.1 Å². The van der Waals surface area contributed by atoms with Crippen molar-refractivity contribution in [1.29, 1.82) is 5.41 Å². The number of carbonyl (C=O) groups excluding carboxylic acids is 1. The Morgan fingerprint density at radius 2 is 2.14 bits per heavy atom. The highest BCUT2D eigenvalue weighted by molar-refractivity contribution is 7.20. The van der Waals surface area contributed by atoms with Crippen molar-refractivity contribution in [2.24, 2.45) is 5.92 Å². The van der Waals surface area contributed by atoms with Crippen molar-refractivity contribution in [3.8, 4) is 0 Å². The molecule has 0 saturated carbocycles. The van der Waals surface area contributed by atoms with Gasteiger partial charge in [-0.05, 0) is 29.5 Å². The molecule has 0 aliphatic rings. The fourth-order valence-corrected chi connectivity index (χ4v) is 3.23. The Hall–Kier alpha value is -1.92. The first-order valence-corrected chi connectivity index (χ1v) is 7.84. The van der Waals surface area contributed by atoms with Crippen molar-refractivity contribution >= 4 is 50.6 Å². The minimum Gasteiger partial charge on any atom is -0.477 e. The zero-order valence-electron chi connectivity index (χ0n) is 11.9. The molecule has 0 fully saturated rings. The quantitative estimate of drug-likeness (QED) is 0.705. The molecule has 22 heavy (non-hydrogen) atoms. The van der Waals surface area contributed by atoms with Gasteiger partial charge in [-0.3, -0.25) is 10.2 Å². The standard InChI is InChI=1S/C15H15ClN2O3S/c1-8(4-11(17)15(20)21)7-18-14(19)13-5-9-2-3-10(16)6-12(9)22-13/h2-3,5-6,8,17H,4,7H2,1H3,(H,18,19)(H,20,21)/t8-/m1/s1. The van der Waals surface area contributed by atoms with E-state index < -0.39 is 5.97 Å². The van der Waals surface area contributed by atoms with Crippen molar-refractivity contribution < 1.29 is 14.7 Å². The normalized spacial score (nSPS) is 12.1. The highest BCUT2D eigenvalue weighted by atomic mass is 35.5. The average molecular weight is 339 g/mol. The van der Waals surface area contributed by atoms with Gasteiger partial charge in [-0.1, -0.05) is 24.6 Å². The third-order valence-corrected chi connectivity index (χ3v) is 4.46. The van der Waals surface area contributed by atoms with Crippen molar-refractivity contribution in [3.63, 3.8) is 0 Å². The van der Waals surface area contributed by atoms with Crippen LogP contribution in [0.5, 0.6) is 0 Å². The van der Waals surface area contributed by atoms with Crippen molar-refractivity contribution in [3.05, 3.63) is 34.2 Å². The lowest BCUT2D eigenvalue weighted by atomic mass is 10.0. The molecule has 0 aliphatic heterocycles.